The molecule has 1 fully saturated rings. The van der Waals surface area contributed by atoms with Gasteiger partial charge in [-0.3, -0.25) is 0 Å². The van der Waals surface area contributed by atoms with Gasteiger partial charge in [0.15, 0.2) is 0 Å². The smallest absolute Gasteiger partial charge is 0.138 e. The van der Waals surface area contributed by atoms with Crippen LogP contribution in [0.4, 0.5) is 0 Å². The van der Waals surface area contributed by atoms with E-state index in [0.717, 1.165) is 19.0 Å². The van der Waals surface area contributed by atoms with Crippen LogP contribution in [0.25, 0.3) is 10.1 Å². The van der Waals surface area contributed by atoms with Crippen LogP contribution in [-0.2, 0) is 13.0 Å². The molecule has 1 aliphatic heterocycles. The molecule has 0 radical (unpaired) electrons. The predicted octanol–water partition coefficient (Wildman–Crippen LogP) is 6.36. The summed E-state index contributed by atoms with van der Waals surface area (Å²) in [5.41, 5.74) is 1.41. The van der Waals surface area contributed by atoms with E-state index < -0.39 is 0 Å². The van der Waals surface area contributed by atoms with Crippen molar-refractivity contribution in [3.63, 3.8) is 0 Å². The Morgan fingerprint density at radius 1 is 1.10 bits per heavy atom. The van der Waals surface area contributed by atoms with E-state index in [1.807, 2.05) is 23.5 Å². The largest absolute Gasteiger partial charge is 0.486 e. The van der Waals surface area contributed by atoms with Gasteiger partial charge in [-0.2, -0.15) is 0 Å². The Kier molecular flexibility index (Phi) is 7.22. The molecule has 0 N–H and O–H groups in total. The van der Waals surface area contributed by atoms with Gasteiger partial charge in [0, 0.05) is 27.2 Å². The Balaban J connectivity index is 1.46. The lowest BCUT2D eigenvalue weighted by Crippen LogP contribution is -2.42. The number of hydrogen-bond donors (Lipinski definition) is 0. The van der Waals surface area contributed by atoms with Crippen molar-refractivity contribution in [1.82, 2.24) is 9.80 Å². The first-order chi connectivity index (χ1) is 14.5. The number of likely N-dealkylation sites (tertiary alicyclic amines) is 1. The maximum absolute atomic E-state index is 6.29. The highest BCUT2D eigenvalue weighted by atomic mass is 35.5. The van der Waals surface area contributed by atoms with Crippen LogP contribution >= 0.6 is 34.5 Å². The third kappa shape index (κ3) is 5.12. The van der Waals surface area contributed by atoms with Gasteiger partial charge >= 0.3 is 0 Å². The molecule has 2 heterocycles. The first-order valence-electron chi connectivity index (χ1n) is 10.5. The van der Waals surface area contributed by atoms with E-state index in [1.165, 1.54) is 46.5 Å². The normalized spacial score (nSPS) is 15.9. The highest BCUT2D eigenvalue weighted by molar-refractivity contribution is 7.19. The molecular formula is C24H28Cl2N2OS. The Labute approximate surface area is 193 Å². The Morgan fingerprint density at radius 2 is 1.87 bits per heavy atom. The van der Waals surface area contributed by atoms with Gasteiger partial charge in [0.2, 0.25) is 0 Å². The van der Waals surface area contributed by atoms with Gasteiger partial charge in [0.05, 0.1) is 5.02 Å². The van der Waals surface area contributed by atoms with Gasteiger partial charge in [-0.25, -0.2) is 0 Å². The first-order valence-corrected chi connectivity index (χ1v) is 12.0. The van der Waals surface area contributed by atoms with Crippen molar-refractivity contribution in [1.29, 1.82) is 0 Å². The lowest BCUT2D eigenvalue weighted by molar-refractivity contribution is 0.146. The zero-order valence-corrected chi connectivity index (χ0v) is 19.9. The predicted molar refractivity (Wildman–Crippen MR) is 129 cm³/mol. The molecule has 0 amide bonds. The minimum atomic E-state index is 0.527. The fraction of sp³-hybridized carbons (Fsp3) is 0.417. The number of rotatable bonds is 7. The number of benzene rings is 2. The van der Waals surface area contributed by atoms with Crippen LogP contribution in [0, 0.1) is 0 Å². The topological polar surface area (TPSA) is 15.7 Å². The van der Waals surface area contributed by atoms with Gasteiger partial charge in [0.25, 0.3) is 0 Å². The average molecular weight is 463 g/mol. The molecular weight excluding hydrogens is 435 g/mol. The summed E-state index contributed by atoms with van der Waals surface area (Å²) in [5.74, 6) is 0.676. The third-order valence-electron chi connectivity index (χ3n) is 6.00. The average Bonchev–Trinajstić information content (AvgIpc) is 3.09. The van der Waals surface area contributed by atoms with Crippen molar-refractivity contribution in [3.8, 4) is 5.75 Å². The molecule has 3 aromatic rings. The van der Waals surface area contributed by atoms with Crippen molar-refractivity contribution in [2.24, 2.45) is 0 Å². The Bertz CT molecular complexity index is 996. The second kappa shape index (κ2) is 9.88. The van der Waals surface area contributed by atoms with Crippen LogP contribution in [0.5, 0.6) is 5.75 Å². The molecule has 0 unspecified atom stereocenters. The monoisotopic (exact) mass is 462 g/mol. The number of halogens is 2. The van der Waals surface area contributed by atoms with Crippen LogP contribution in [0.3, 0.4) is 0 Å². The molecule has 0 bridgehead atoms. The summed E-state index contributed by atoms with van der Waals surface area (Å²) in [6, 6.07) is 14.8. The lowest BCUT2D eigenvalue weighted by atomic mass is 10.0. The van der Waals surface area contributed by atoms with E-state index in [1.54, 1.807) is 6.07 Å². The quantitative estimate of drug-likeness (QED) is 0.406. The zero-order chi connectivity index (χ0) is 21.1. The number of hydrogen-bond acceptors (Lipinski definition) is 4. The summed E-state index contributed by atoms with van der Waals surface area (Å²) in [6.45, 7) is 3.97. The highest BCUT2D eigenvalue weighted by Crippen LogP contribution is 2.34. The lowest BCUT2D eigenvalue weighted by Gasteiger charge is -2.35. The summed E-state index contributed by atoms with van der Waals surface area (Å²) in [4.78, 5) is 6.25. The van der Waals surface area contributed by atoms with E-state index in [0.29, 0.717) is 22.4 Å². The molecule has 1 saturated heterocycles. The van der Waals surface area contributed by atoms with Crippen molar-refractivity contribution in [2.75, 3.05) is 33.7 Å². The Morgan fingerprint density at radius 3 is 2.60 bits per heavy atom. The second-order valence-electron chi connectivity index (χ2n) is 8.15. The van der Waals surface area contributed by atoms with E-state index in [4.69, 9.17) is 27.9 Å². The number of fused-ring (bicyclic) bond motifs is 1. The molecule has 0 atom stereocenters. The molecule has 1 aliphatic rings. The fourth-order valence-electron chi connectivity index (χ4n) is 4.20. The van der Waals surface area contributed by atoms with Gasteiger partial charge in [0.1, 0.15) is 12.4 Å². The molecule has 160 valence electrons. The second-order valence-corrected chi connectivity index (χ2v) is 10.1. The third-order valence-corrected chi connectivity index (χ3v) is 7.72. The van der Waals surface area contributed by atoms with E-state index in [-0.39, 0.29) is 0 Å². The summed E-state index contributed by atoms with van der Waals surface area (Å²) < 4.78 is 7.40. The van der Waals surface area contributed by atoms with Gasteiger partial charge in [-0.05, 0) is 81.7 Å². The first kappa shape index (κ1) is 21.9. The molecule has 2 aromatic carbocycles. The molecule has 0 aliphatic carbocycles. The molecule has 0 saturated carbocycles. The van der Waals surface area contributed by atoms with Crippen LogP contribution in [-0.4, -0.2) is 49.6 Å². The molecule has 1 aromatic heterocycles. The molecule has 30 heavy (non-hydrogen) atoms. The zero-order valence-electron chi connectivity index (χ0n) is 17.5. The van der Waals surface area contributed by atoms with Crippen LogP contribution in [0.15, 0.2) is 42.5 Å². The molecule has 3 nitrogen and oxygen atoms in total. The van der Waals surface area contributed by atoms with Crippen LogP contribution in [0.2, 0.25) is 10.0 Å². The van der Waals surface area contributed by atoms with Crippen molar-refractivity contribution >= 4 is 44.6 Å². The number of piperidine rings is 1. The summed E-state index contributed by atoms with van der Waals surface area (Å²) in [5, 5.41) is 2.52. The Hall–Kier alpha value is -1.30. The number of nitrogens with zero attached hydrogens (tertiary/aromatic N) is 2. The number of ether oxygens (including phenoxy) is 1. The van der Waals surface area contributed by atoms with Gasteiger partial charge < -0.3 is 14.5 Å². The van der Waals surface area contributed by atoms with Gasteiger partial charge in [-0.15, -0.1) is 11.3 Å². The minimum absolute atomic E-state index is 0.527. The summed E-state index contributed by atoms with van der Waals surface area (Å²) >= 11 is 14.1. The number of thiophene rings is 1. The van der Waals surface area contributed by atoms with Crippen LogP contribution < -0.4 is 4.74 Å². The SMILES string of the molecule is CN(C)C1CCN(CCc2c(COc3ccc(Cl)cc3Cl)sc3ccccc23)CC1. The molecule has 0 spiro atoms. The summed E-state index contributed by atoms with van der Waals surface area (Å²) in [7, 11) is 4.38. The fourth-order valence-corrected chi connectivity index (χ4v) is 5.83. The summed E-state index contributed by atoms with van der Waals surface area (Å²) in [6.07, 6.45) is 3.55. The minimum Gasteiger partial charge on any atom is -0.486 e. The van der Waals surface area contributed by atoms with Crippen molar-refractivity contribution in [2.45, 2.75) is 31.9 Å². The van der Waals surface area contributed by atoms with Crippen LogP contribution in [0.1, 0.15) is 23.3 Å². The molecule has 4 rings (SSSR count). The van der Waals surface area contributed by atoms with E-state index >= 15 is 0 Å². The maximum atomic E-state index is 6.29. The van der Waals surface area contributed by atoms with E-state index in [9.17, 15) is 0 Å². The van der Waals surface area contributed by atoms with Crippen molar-refractivity contribution in [3.05, 3.63) is 63.0 Å². The maximum Gasteiger partial charge on any atom is 0.138 e. The van der Waals surface area contributed by atoms with Gasteiger partial charge in [-0.1, -0.05) is 41.4 Å². The highest BCUT2D eigenvalue weighted by Gasteiger charge is 2.21. The van der Waals surface area contributed by atoms with Crippen molar-refractivity contribution < 1.29 is 4.74 Å². The van der Waals surface area contributed by atoms with E-state index in [2.05, 4.69) is 48.2 Å². The standard InChI is InChI=1S/C24H28Cl2N2OS/c1-27(2)18-9-12-28(13-10-18)14-11-20-19-5-3-4-6-23(19)30-24(20)16-29-22-8-7-17(25)15-21(22)26/h3-8,15,18H,9-14,16H2,1-2H3. The molecule has 6 heteroatoms.